The highest BCUT2D eigenvalue weighted by Gasteiger charge is 2.74. The highest BCUT2D eigenvalue weighted by Crippen LogP contribution is 2.67. The second kappa shape index (κ2) is 14.8. The molecule has 0 aliphatic carbocycles. The van der Waals surface area contributed by atoms with Crippen LogP contribution in [0.25, 0.3) is 0 Å². The Morgan fingerprint density at radius 3 is 2.36 bits per heavy atom. The average molecular weight is 659 g/mol. The number of ether oxygens (including phenoxy) is 1. The van der Waals surface area contributed by atoms with E-state index in [1.807, 2.05) is 65.6 Å². The van der Waals surface area contributed by atoms with Gasteiger partial charge in [0.05, 0.1) is 42.4 Å². The fourth-order valence-corrected chi connectivity index (χ4v) is 10.3. The Labute approximate surface area is 282 Å². The summed E-state index contributed by atoms with van der Waals surface area (Å²) in [6.45, 7) is 12.4. The first-order valence-electron chi connectivity index (χ1n) is 16.8. The lowest BCUT2D eigenvalue weighted by atomic mass is 9.70. The molecule has 4 fully saturated rings. The maximum atomic E-state index is 14.9. The fraction of sp³-hybridized carbons (Fsp3) is 0.486. The van der Waals surface area contributed by atoms with Crippen molar-refractivity contribution in [2.45, 2.75) is 41.3 Å². The van der Waals surface area contributed by atoms with E-state index in [9.17, 15) is 19.5 Å². The van der Waals surface area contributed by atoms with Crippen molar-refractivity contribution in [3.8, 4) is 0 Å². The number of nitrogens with zero attached hydrogens (tertiary/aromatic N) is 4. The maximum absolute atomic E-state index is 14.9. The molecule has 6 rings (SSSR count). The number of benzene rings is 2. The van der Waals surface area contributed by atoms with Gasteiger partial charge in [-0.25, -0.2) is 0 Å². The van der Waals surface area contributed by atoms with E-state index in [1.165, 1.54) is 0 Å². The van der Waals surface area contributed by atoms with Gasteiger partial charge in [0.15, 0.2) is 0 Å². The van der Waals surface area contributed by atoms with Gasteiger partial charge in [-0.3, -0.25) is 19.3 Å². The molecule has 4 saturated heterocycles. The smallest absolute Gasteiger partial charge is 0.247 e. The average Bonchev–Trinajstić information content (AvgIpc) is 3.76. The summed E-state index contributed by atoms with van der Waals surface area (Å²) in [5.41, 5.74) is 1.73. The third-order valence-electron chi connectivity index (χ3n) is 10.3. The molecular formula is C37H46N4O5S. The van der Waals surface area contributed by atoms with Gasteiger partial charge in [0, 0.05) is 50.2 Å². The molecule has 4 aliphatic heterocycles. The van der Waals surface area contributed by atoms with Crippen LogP contribution in [0.15, 0.2) is 86.0 Å². The topological polar surface area (TPSA) is 93.6 Å². The predicted molar refractivity (Wildman–Crippen MR) is 185 cm³/mol. The number of anilines is 1. The van der Waals surface area contributed by atoms with Crippen LogP contribution in [0.4, 0.5) is 5.69 Å². The number of likely N-dealkylation sites (tertiary alicyclic amines) is 1. The third-order valence-corrected chi connectivity index (χ3v) is 12.2. The molecule has 9 nitrogen and oxygen atoms in total. The Hall–Kier alpha value is -3.44. The van der Waals surface area contributed by atoms with Gasteiger partial charge in [-0.05, 0) is 37.0 Å². The lowest BCUT2D eigenvalue weighted by Gasteiger charge is -2.40. The molecule has 3 amide bonds. The van der Waals surface area contributed by atoms with Crippen LogP contribution in [0.1, 0.15) is 18.4 Å². The lowest BCUT2D eigenvalue weighted by molar-refractivity contribution is -0.145. The van der Waals surface area contributed by atoms with E-state index in [-0.39, 0.29) is 29.6 Å². The molecule has 0 radical (unpaired) electrons. The van der Waals surface area contributed by atoms with Crippen molar-refractivity contribution in [1.82, 2.24) is 14.7 Å². The molecule has 0 saturated carbocycles. The summed E-state index contributed by atoms with van der Waals surface area (Å²) < 4.78 is 4.75. The van der Waals surface area contributed by atoms with Crippen molar-refractivity contribution in [2.24, 2.45) is 11.8 Å². The zero-order valence-electron chi connectivity index (χ0n) is 27.0. The Balaban J connectivity index is 1.37. The van der Waals surface area contributed by atoms with Crippen molar-refractivity contribution in [2.75, 3.05) is 64.0 Å². The van der Waals surface area contributed by atoms with Crippen LogP contribution in [0.5, 0.6) is 0 Å². The largest absolute Gasteiger partial charge is 0.394 e. The quantitative estimate of drug-likeness (QED) is 0.312. The monoisotopic (exact) mass is 658 g/mol. The maximum Gasteiger partial charge on any atom is 0.247 e. The van der Waals surface area contributed by atoms with Gasteiger partial charge in [-0.15, -0.1) is 24.9 Å². The van der Waals surface area contributed by atoms with Gasteiger partial charge >= 0.3 is 0 Å². The van der Waals surface area contributed by atoms with Crippen LogP contribution in [-0.4, -0.2) is 119 Å². The molecule has 2 aromatic carbocycles. The van der Waals surface area contributed by atoms with E-state index in [0.717, 1.165) is 30.8 Å². The molecule has 250 valence electrons. The Kier molecular flexibility index (Phi) is 10.5. The molecular weight excluding hydrogens is 612 g/mol. The number of fused-ring (bicyclic) bond motifs is 1. The number of hydrogen-bond acceptors (Lipinski definition) is 7. The highest BCUT2D eigenvalue weighted by molar-refractivity contribution is 8.02. The summed E-state index contributed by atoms with van der Waals surface area (Å²) in [5, 5.41) is 10.8. The summed E-state index contributed by atoms with van der Waals surface area (Å²) in [6.07, 6.45) is 5.26. The number of aliphatic hydroxyl groups excluding tert-OH is 1. The van der Waals surface area contributed by atoms with Gasteiger partial charge < -0.3 is 24.5 Å². The van der Waals surface area contributed by atoms with Crippen molar-refractivity contribution < 1.29 is 24.2 Å². The summed E-state index contributed by atoms with van der Waals surface area (Å²) in [6, 6.07) is 17.8. The minimum Gasteiger partial charge on any atom is -0.394 e. The van der Waals surface area contributed by atoms with Crippen molar-refractivity contribution in [3.63, 3.8) is 0 Å². The van der Waals surface area contributed by atoms with Crippen LogP contribution in [0.3, 0.4) is 0 Å². The molecule has 2 bridgehead atoms. The molecule has 4 heterocycles. The Morgan fingerprint density at radius 1 is 1.02 bits per heavy atom. The number of morpholine rings is 1. The summed E-state index contributed by atoms with van der Waals surface area (Å²) >= 11 is 1.66. The normalized spacial score (nSPS) is 27.3. The van der Waals surface area contributed by atoms with E-state index < -0.39 is 28.7 Å². The SMILES string of the molecule is C=CCN(CCN1CCOCC1)C(=O)C1N([C@@H](CO)Cc2ccccc2)C(=O)[C@@H]2[C@H](C(=O)N(CC=C)c3ccccc3)[C@@H]3CCC12S3. The number of aliphatic hydroxyl groups is 1. The van der Waals surface area contributed by atoms with Crippen LogP contribution < -0.4 is 4.90 Å². The summed E-state index contributed by atoms with van der Waals surface area (Å²) in [5.74, 6) is -1.70. The zero-order valence-corrected chi connectivity index (χ0v) is 27.8. The number of carbonyl (C=O) groups excluding carboxylic acids is 3. The minimum atomic E-state index is -0.803. The summed E-state index contributed by atoms with van der Waals surface area (Å²) in [7, 11) is 0. The molecule has 0 aromatic heterocycles. The second-order valence-electron chi connectivity index (χ2n) is 12.9. The van der Waals surface area contributed by atoms with Gasteiger partial charge in [0.1, 0.15) is 6.04 Å². The minimum absolute atomic E-state index is 0.0761. The van der Waals surface area contributed by atoms with Gasteiger partial charge in [0.25, 0.3) is 0 Å². The molecule has 2 unspecified atom stereocenters. The highest BCUT2D eigenvalue weighted by atomic mass is 32.2. The number of amides is 3. The fourth-order valence-electron chi connectivity index (χ4n) is 8.13. The third kappa shape index (κ3) is 6.40. The number of thioether (sulfide) groups is 1. The van der Waals surface area contributed by atoms with Gasteiger partial charge in [-0.2, -0.15) is 0 Å². The van der Waals surface area contributed by atoms with Crippen molar-refractivity contribution in [1.29, 1.82) is 0 Å². The number of rotatable bonds is 14. The van der Waals surface area contributed by atoms with Crippen LogP contribution >= 0.6 is 11.8 Å². The second-order valence-corrected chi connectivity index (χ2v) is 14.5. The first-order valence-corrected chi connectivity index (χ1v) is 17.6. The van der Waals surface area contributed by atoms with Gasteiger partial charge in [-0.1, -0.05) is 60.7 Å². The molecule has 47 heavy (non-hydrogen) atoms. The molecule has 6 atom stereocenters. The Morgan fingerprint density at radius 2 is 1.70 bits per heavy atom. The molecule has 2 aromatic rings. The lowest BCUT2D eigenvalue weighted by Crippen LogP contribution is -2.58. The predicted octanol–water partition coefficient (Wildman–Crippen LogP) is 3.25. The standard InChI is InChI=1S/C37H46N4O5S/c1-3-17-39(20-19-38-21-23-46-24-22-38)36(45)33-37-16-15-30(47-37)31(34(43)40(18-4-2)28-13-9-6-10-14-28)32(37)35(44)41(33)29(26-42)25-27-11-7-5-8-12-27/h3-14,29-33,42H,1-2,15-26H2/t29-,30+,31-,32+,33?,37?/m1/s1. The number of carbonyl (C=O) groups is 3. The summed E-state index contributed by atoms with van der Waals surface area (Å²) in [4.78, 5) is 51.9. The first-order chi connectivity index (χ1) is 22.9. The van der Waals surface area contributed by atoms with Gasteiger partial charge in [0.2, 0.25) is 17.7 Å². The first kappa shape index (κ1) is 33.5. The van der Waals surface area contributed by atoms with Crippen LogP contribution in [-0.2, 0) is 25.5 Å². The molecule has 1 spiro atoms. The molecule has 4 aliphatic rings. The van der Waals surface area contributed by atoms with Crippen LogP contribution in [0, 0.1) is 11.8 Å². The number of hydrogen-bond donors (Lipinski definition) is 1. The number of para-hydroxylation sites is 1. The van der Waals surface area contributed by atoms with E-state index in [2.05, 4.69) is 18.1 Å². The van der Waals surface area contributed by atoms with Crippen LogP contribution in [0.2, 0.25) is 0 Å². The molecule has 1 N–H and O–H groups in total. The van der Waals surface area contributed by atoms with E-state index in [1.54, 1.807) is 33.7 Å². The van der Waals surface area contributed by atoms with Crippen molar-refractivity contribution in [3.05, 3.63) is 91.5 Å². The molecule has 10 heteroatoms. The zero-order chi connectivity index (χ0) is 33.0. The Bertz CT molecular complexity index is 1440. The van der Waals surface area contributed by atoms with E-state index >= 15 is 0 Å². The van der Waals surface area contributed by atoms with E-state index in [0.29, 0.717) is 52.2 Å². The van der Waals surface area contributed by atoms with Crippen molar-refractivity contribution >= 4 is 35.2 Å². The van der Waals surface area contributed by atoms with E-state index in [4.69, 9.17) is 4.74 Å².